The predicted octanol–water partition coefficient (Wildman–Crippen LogP) is 1.59. The minimum Gasteiger partial charge on any atom is -0.396 e. The maximum absolute atomic E-state index is 13.6. The molecule has 3 N–H and O–H groups in total. The van der Waals surface area contributed by atoms with E-state index in [1.54, 1.807) is 0 Å². The van der Waals surface area contributed by atoms with E-state index >= 15 is 0 Å². The molecule has 7 heteroatoms. The first-order chi connectivity index (χ1) is 8.59. The molecule has 1 amide bonds. The number of aromatic nitrogens is 2. The molecule has 92 valence electrons. The molecule has 0 radical (unpaired) electrons. The molecule has 2 rings (SSSR count). The van der Waals surface area contributed by atoms with Crippen LogP contribution in [0.25, 0.3) is 0 Å². The van der Waals surface area contributed by atoms with Gasteiger partial charge in [-0.1, -0.05) is 0 Å². The number of carbonyl (C=O) groups excluding carboxylic acids is 1. The Morgan fingerprint density at radius 3 is 2.72 bits per heavy atom. The zero-order valence-electron chi connectivity index (χ0n) is 9.02. The smallest absolute Gasteiger partial charge is 0.262 e. The number of nitrogen functional groups attached to an aromatic ring is 1. The number of benzene rings is 1. The number of amides is 1. The van der Waals surface area contributed by atoms with Crippen LogP contribution < -0.4 is 11.1 Å². The topological polar surface area (TPSA) is 80.9 Å². The molecule has 0 saturated heterocycles. The molecule has 1 aromatic heterocycles. The second-order valence-electron chi connectivity index (χ2n) is 3.39. The van der Waals surface area contributed by atoms with Crippen LogP contribution in [0.5, 0.6) is 0 Å². The van der Waals surface area contributed by atoms with E-state index in [-0.39, 0.29) is 11.5 Å². The highest BCUT2D eigenvalue weighted by atomic mass is 19.1. The molecule has 1 heterocycles. The average molecular weight is 250 g/mol. The third-order valence-corrected chi connectivity index (χ3v) is 2.16. The second-order valence-corrected chi connectivity index (χ2v) is 3.39. The molecule has 0 spiro atoms. The fraction of sp³-hybridized carbons (Fsp3) is 0. The van der Waals surface area contributed by atoms with Crippen molar-refractivity contribution in [2.24, 2.45) is 0 Å². The van der Waals surface area contributed by atoms with E-state index in [9.17, 15) is 13.6 Å². The fourth-order valence-corrected chi connectivity index (χ4v) is 1.32. The van der Waals surface area contributed by atoms with Crippen molar-refractivity contribution >= 4 is 17.4 Å². The molecule has 5 nitrogen and oxygen atoms in total. The Morgan fingerprint density at radius 2 is 2.06 bits per heavy atom. The maximum atomic E-state index is 13.6. The quantitative estimate of drug-likeness (QED) is 0.793. The van der Waals surface area contributed by atoms with Crippen molar-refractivity contribution in [1.82, 2.24) is 10.2 Å². The number of hydrogen-bond donors (Lipinski definition) is 2. The first-order valence-electron chi connectivity index (χ1n) is 4.92. The summed E-state index contributed by atoms with van der Waals surface area (Å²) in [5.74, 6) is -2.99. The maximum Gasteiger partial charge on any atom is 0.262 e. The molecule has 0 fully saturated rings. The molecule has 0 bridgehead atoms. The largest absolute Gasteiger partial charge is 0.396 e. The first-order valence-corrected chi connectivity index (χ1v) is 4.92. The fourth-order valence-electron chi connectivity index (χ4n) is 1.32. The van der Waals surface area contributed by atoms with Crippen LogP contribution in [0.2, 0.25) is 0 Å². The average Bonchev–Trinajstić information content (AvgIpc) is 2.36. The van der Waals surface area contributed by atoms with Crippen LogP contribution in [0, 0.1) is 11.6 Å². The normalized spacial score (nSPS) is 10.1. The molecule has 0 aliphatic heterocycles. The molecule has 18 heavy (non-hydrogen) atoms. The highest BCUT2D eigenvalue weighted by Crippen LogP contribution is 2.19. The van der Waals surface area contributed by atoms with Gasteiger partial charge in [-0.05, 0) is 24.3 Å². The summed E-state index contributed by atoms with van der Waals surface area (Å²) in [6.07, 6.45) is 1.40. The molecular formula is C11H8F2N4O. The summed E-state index contributed by atoms with van der Waals surface area (Å²) in [4.78, 5) is 11.7. The number of halogens is 2. The van der Waals surface area contributed by atoms with Gasteiger partial charge in [0.15, 0.2) is 11.6 Å². The van der Waals surface area contributed by atoms with Crippen LogP contribution in [-0.2, 0) is 0 Å². The molecular weight excluding hydrogens is 242 g/mol. The summed E-state index contributed by atoms with van der Waals surface area (Å²) in [5, 5.41) is 9.30. The first kappa shape index (κ1) is 11.9. The standard InChI is InChI=1S/C11H8F2N4O/c12-6-3-4-7(14)10(13)9(6)11(18)16-8-2-1-5-15-17-8/h1-5H,14H2,(H,16,17,18). The second kappa shape index (κ2) is 4.74. The Kier molecular flexibility index (Phi) is 3.13. The number of anilines is 2. The highest BCUT2D eigenvalue weighted by Gasteiger charge is 2.19. The number of nitrogens with one attached hydrogen (secondary N) is 1. The summed E-state index contributed by atoms with van der Waals surface area (Å²) in [7, 11) is 0. The van der Waals surface area contributed by atoms with E-state index in [2.05, 4.69) is 15.5 Å². The van der Waals surface area contributed by atoms with Gasteiger partial charge in [0.1, 0.15) is 11.4 Å². The number of nitrogens with zero attached hydrogens (tertiary/aromatic N) is 2. The zero-order valence-corrected chi connectivity index (χ0v) is 9.02. The minimum atomic E-state index is -1.10. The Labute approximate surface area is 101 Å². The van der Waals surface area contributed by atoms with Gasteiger partial charge >= 0.3 is 0 Å². The van der Waals surface area contributed by atoms with Gasteiger partial charge in [-0.15, -0.1) is 5.10 Å². The van der Waals surface area contributed by atoms with E-state index in [0.717, 1.165) is 12.1 Å². The van der Waals surface area contributed by atoms with Crippen LogP contribution in [-0.4, -0.2) is 16.1 Å². The lowest BCUT2D eigenvalue weighted by Crippen LogP contribution is -2.17. The van der Waals surface area contributed by atoms with Gasteiger partial charge in [0.05, 0.1) is 5.69 Å². The number of nitrogens with two attached hydrogens (primary N) is 1. The summed E-state index contributed by atoms with van der Waals surface area (Å²) >= 11 is 0. The lowest BCUT2D eigenvalue weighted by molar-refractivity contribution is 0.101. The third-order valence-electron chi connectivity index (χ3n) is 2.16. The van der Waals surface area contributed by atoms with E-state index in [1.165, 1.54) is 18.3 Å². The monoisotopic (exact) mass is 250 g/mol. The Morgan fingerprint density at radius 1 is 1.28 bits per heavy atom. The van der Waals surface area contributed by atoms with Crippen LogP contribution in [0.3, 0.4) is 0 Å². The lowest BCUT2D eigenvalue weighted by Gasteiger charge is -2.07. The number of hydrogen-bond acceptors (Lipinski definition) is 4. The molecule has 0 aliphatic rings. The van der Waals surface area contributed by atoms with E-state index < -0.39 is 23.1 Å². The van der Waals surface area contributed by atoms with Crippen molar-refractivity contribution in [3.8, 4) is 0 Å². The van der Waals surface area contributed by atoms with Crippen molar-refractivity contribution < 1.29 is 13.6 Å². The summed E-state index contributed by atoms with van der Waals surface area (Å²) in [6, 6.07) is 4.93. The summed E-state index contributed by atoms with van der Waals surface area (Å²) in [5.41, 5.74) is 4.22. The van der Waals surface area contributed by atoms with Crippen molar-refractivity contribution in [2.45, 2.75) is 0 Å². The molecule has 1 aromatic carbocycles. The van der Waals surface area contributed by atoms with Crippen molar-refractivity contribution in [3.63, 3.8) is 0 Å². The van der Waals surface area contributed by atoms with Gasteiger partial charge in [-0.3, -0.25) is 4.79 Å². The number of carbonyl (C=O) groups is 1. The van der Waals surface area contributed by atoms with E-state index in [0.29, 0.717) is 0 Å². The Bertz CT molecular complexity index is 589. The van der Waals surface area contributed by atoms with Crippen LogP contribution in [0.1, 0.15) is 10.4 Å². The third kappa shape index (κ3) is 2.24. The molecule has 0 aliphatic carbocycles. The van der Waals surface area contributed by atoms with Gasteiger partial charge in [0.2, 0.25) is 0 Å². The minimum absolute atomic E-state index is 0.0868. The predicted molar refractivity (Wildman–Crippen MR) is 60.8 cm³/mol. The molecule has 2 aromatic rings. The van der Waals surface area contributed by atoms with Crippen molar-refractivity contribution in [2.75, 3.05) is 11.1 Å². The molecule has 0 saturated carbocycles. The van der Waals surface area contributed by atoms with Crippen molar-refractivity contribution in [3.05, 3.63) is 47.7 Å². The summed E-state index contributed by atoms with van der Waals surface area (Å²) < 4.78 is 26.9. The van der Waals surface area contributed by atoms with E-state index in [4.69, 9.17) is 5.73 Å². The van der Waals surface area contributed by atoms with Gasteiger partial charge in [-0.25, -0.2) is 8.78 Å². The van der Waals surface area contributed by atoms with Crippen LogP contribution in [0.15, 0.2) is 30.5 Å². The van der Waals surface area contributed by atoms with Gasteiger partial charge < -0.3 is 11.1 Å². The molecule has 0 unspecified atom stereocenters. The van der Waals surface area contributed by atoms with Gasteiger partial charge in [0.25, 0.3) is 5.91 Å². The Balaban J connectivity index is 2.33. The zero-order chi connectivity index (χ0) is 13.1. The van der Waals surface area contributed by atoms with Crippen molar-refractivity contribution in [1.29, 1.82) is 0 Å². The van der Waals surface area contributed by atoms with Gasteiger partial charge in [-0.2, -0.15) is 5.10 Å². The van der Waals surface area contributed by atoms with Gasteiger partial charge in [0, 0.05) is 6.20 Å². The summed E-state index contributed by atoms with van der Waals surface area (Å²) in [6.45, 7) is 0. The van der Waals surface area contributed by atoms with E-state index in [1.807, 2.05) is 0 Å². The highest BCUT2D eigenvalue weighted by molar-refractivity contribution is 6.04. The number of rotatable bonds is 2. The molecule has 0 atom stereocenters. The Hall–Kier alpha value is -2.57. The SMILES string of the molecule is Nc1ccc(F)c(C(=O)Nc2cccnn2)c1F. The lowest BCUT2D eigenvalue weighted by atomic mass is 10.1. The van der Waals surface area contributed by atoms with Crippen LogP contribution in [0.4, 0.5) is 20.3 Å². The van der Waals surface area contributed by atoms with Crippen LogP contribution >= 0.6 is 0 Å².